The van der Waals surface area contributed by atoms with Crippen molar-refractivity contribution >= 4 is 34.8 Å². The molecule has 0 aliphatic carbocycles. The lowest BCUT2D eigenvalue weighted by molar-refractivity contribution is -0.122. The second-order valence-corrected chi connectivity index (χ2v) is 6.11. The zero-order valence-corrected chi connectivity index (χ0v) is 13.3. The smallest absolute Gasteiger partial charge is 0.292 e. The van der Waals surface area contributed by atoms with Crippen molar-refractivity contribution in [1.82, 2.24) is 4.90 Å². The van der Waals surface area contributed by atoms with Gasteiger partial charge in [0.05, 0.1) is 11.4 Å². The lowest BCUT2D eigenvalue weighted by Crippen LogP contribution is -2.33. The van der Waals surface area contributed by atoms with Crippen molar-refractivity contribution < 1.29 is 18.8 Å². The molecule has 0 radical (unpaired) electrons. The van der Waals surface area contributed by atoms with Gasteiger partial charge in [-0.25, -0.2) is 4.39 Å². The summed E-state index contributed by atoms with van der Waals surface area (Å²) in [5.41, 5.74) is 0.917. The van der Waals surface area contributed by atoms with Crippen LogP contribution in [0.2, 0.25) is 0 Å². The van der Waals surface area contributed by atoms with Crippen LogP contribution >= 0.6 is 11.8 Å². The first kappa shape index (κ1) is 16.1. The fourth-order valence-corrected chi connectivity index (χ4v) is 3.08. The summed E-state index contributed by atoms with van der Waals surface area (Å²) >= 11 is 0.744. The van der Waals surface area contributed by atoms with E-state index in [4.69, 9.17) is 0 Å². The van der Waals surface area contributed by atoms with Gasteiger partial charge < -0.3 is 0 Å². The molecule has 120 valence electrons. The molecule has 24 heavy (non-hydrogen) atoms. The van der Waals surface area contributed by atoms with Crippen LogP contribution in [-0.4, -0.2) is 28.4 Å². The van der Waals surface area contributed by atoms with Crippen molar-refractivity contribution in [3.8, 4) is 0 Å². The first-order chi connectivity index (χ1) is 11.5. The Morgan fingerprint density at radius 2 is 1.83 bits per heavy atom. The summed E-state index contributed by atoms with van der Waals surface area (Å²) in [6.45, 7) is -0.310. The van der Waals surface area contributed by atoms with Crippen LogP contribution in [0, 0.1) is 5.82 Å². The van der Waals surface area contributed by atoms with E-state index < -0.39 is 17.0 Å². The van der Waals surface area contributed by atoms with Gasteiger partial charge in [-0.2, -0.15) is 0 Å². The van der Waals surface area contributed by atoms with Crippen LogP contribution in [-0.2, 0) is 4.79 Å². The van der Waals surface area contributed by atoms with Gasteiger partial charge in [0.2, 0.25) is 0 Å². The van der Waals surface area contributed by atoms with Crippen LogP contribution in [0.1, 0.15) is 15.9 Å². The zero-order chi connectivity index (χ0) is 17.1. The molecule has 0 atom stereocenters. The van der Waals surface area contributed by atoms with Gasteiger partial charge in [-0.15, -0.1) is 0 Å². The third-order valence-corrected chi connectivity index (χ3v) is 4.32. The number of hydrogen-bond acceptors (Lipinski definition) is 4. The number of Topliss-reactive ketones (excluding diaryl/α,β-unsaturated/α-hetero) is 1. The summed E-state index contributed by atoms with van der Waals surface area (Å²) in [5, 5.41) is -0.507. The molecule has 2 amide bonds. The van der Waals surface area contributed by atoms with Crippen LogP contribution in [0.25, 0.3) is 6.08 Å². The summed E-state index contributed by atoms with van der Waals surface area (Å²) in [4.78, 5) is 37.6. The lowest BCUT2D eigenvalue weighted by Gasteiger charge is -2.11. The zero-order valence-electron chi connectivity index (χ0n) is 12.4. The third kappa shape index (κ3) is 3.44. The van der Waals surface area contributed by atoms with Crippen LogP contribution in [0.3, 0.4) is 0 Å². The van der Waals surface area contributed by atoms with E-state index in [0.29, 0.717) is 11.1 Å². The Bertz CT molecular complexity index is 848. The Morgan fingerprint density at radius 1 is 1.08 bits per heavy atom. The second kappa shape index (κ2) is 6.80. The average Bonchev–Trinajstić information content (AvgIpc) is 2.83. The van der Waals surface area contributed by atoms with Crippen LogP contribution < -0.4 is 0 Å². The van der Waals surface area contributed by atoms with Gasteiger partial charge in [0, 0.05) is 5.56 Å². The standard InChI is InChI=1S/C18H12FNO3S/c19-14-8-4-5-12(9-14)10-16-17(22)20(18(23)24-16)11-15(21)13-6-2-1-3-7-13/h1-10H,11H2/b16-10-. The number of nitrogens with zero attached hydrogens (tertiary/aromatic N) is 1. The van der Waals surface area contributed by atoms with Crippen LogP contribution in [0.15, 0.2) is 59.5 Å². The molecule has 1 aliphatic rings. The monoisotopic (exact) mass is 341 g/mol. The predicted octanol–water partition coefficient (Wildman–Crippen LogP) is 3.74. The van der Waals surface area contributed by atoms with Gasteiger partial charge in [0.25, 0.3) is 11.1 Å². The Morgan fingerprint density at radius 3 is 2.54 bits per heavy atom. The SMILES string of the molecule is O=C(CN1C(=O)S/C(=C\c2cccc(F)c2)C1=O)c1ccccc1. The molecule has 4 nitrogen and oxygen atoms in total. The number of benzene rings is 2. The van der Waals surface area contributed by atoms with Gasteiger partial charge in [-0.05, 0) is 35.5 Å². The number of rotatable bonds is 4. The summed E-state index contributed by atoms with van der Waals surface area (Å²) in [7, 11) is 0. The first-order valence-electron chi connectivity index (χ1n) is 7.14. The van der Waals surface area contributed by atoms with E-state index in [1.54, 1.807) is 36.4 Å². The number of hydrogen-bond donors (Lipinski definition) is 0. The molecule has 0 aromatic heterocycles. The molecule has 0 N–H and O–H groups in total. The first-order valence-corrected chi connectivity index (χ1v) is 7.95. The Hall–Kier alpha value is -2.73. The van der Waals surface area contributed by atoms with E-state index in [0.717, 1.165) is 16.7 Å². The van der Waals surface area contributed by atoms with Gasteiger partial charge in [0.1, 0.15) is 5.82 Å². The molecule has 1 heterocycles. The van der Waals surface area contributed by atoms with Gasteiger partial charge in [-0.3, -0.25) is 19.3 Å². The number of ketones is 1. The van der Waals surface area contributed by atoms with Crippen molar-refractivity contribution in [3.05, 3.63) is 76.4 Å². The number of amides is 2. The minimum Gasteiger partial charge on any atom is -0.292 e. The molecule has 6 heteroatoms. The van der Waals surface area contributed by atoms with E-state index in [9.17, 15) is 18.8 Å². The summed E-state index contributed by atoms with van der Waals surface area (Å²) in [6.07, 6.45) is 1.45. The van der Waals surface area contributed by atoms with Crippen molar-refractivity contribution in [2.24, 2.45) is 0 Å². The number of halogens is 1. The maximum absolute atomic E-state index is 13.2. The Labute approximate surface area is 142 Å². The molecule has 1 fully saturated rings. The van der Waals surface area contributed by atoms with Crippen molar-refractivity contribution in [2.45, 2.75) is 0 Å². The Kier molecular flexibility index (Phi) is 4.57. The average molecular weight is 341 g/mol. The largest absolute Gasteiger partial charge is 0.293 e. The number of carbonyl (C=O) groups is 3. The molecule has 2 aromatic rings. The van der Waals surface area contributed by atoms with E-state index >= 15 is 0 Å². The highest BCUT2D eigenvalue weighted by Crippen LogP contribution is 2.32. The summed E-state index contributed by atoms with van der Waals surface area (Å²) in [6, 6.07) is 14.2. The molecular weight excluding hydrogens is 329 g/mol. The minimum absolute atomic E-state index is 0.173. The highest BCUT2D eigenvalue weighted by atomic mass is 32.2. The number of thioether (sulfide) groups is 1. The summed E-state index contributed by atoms with van der Waals surface area (Å²) in [5.74, 6) is -1.29. The molecule has 3 rings (SSSR count). The van der Waals surface area contributed by atoms with Gasteiger partial charge in [-0.1, -0.05) is 42.5 Å². The normalized spacial score (nSPS) is 16.0. The van der Waals surface area contributed by atoms with Crippen molar-refractivity contribution in [2.75, 3.05) is 6.54 Å². The molecule has 0 bridgehead atoms. The molecule has 0 unspecified atom stereocenters. The maximum Gasteiger partial charge on any atom is 0.293 e. The molecule has 0 saturated carbocycles. The molecule has 2 aromatic carbocycles. The van der Waals surface area contributed by atoms with E-state index in [1.165, 1.54) is 24.3 Å². The molecular formula is C18H12FNO3S. The Balaban J connectivity index is 1.78. The van der Waals surface area contributed by atoms with Crippen molar-refractivity contribution in [1.29, 1.82) is 0 Å². The predicted molar refractivity (Wildman–Crippen MR) is 89.8 cm³/mol. The maximum atomic E-state index is 13.2. The van der Waals surface area contributed by atoms with Gasteiger partial charge in [0.15, 0.2) is 5.78 Å². The fourth-order valence-electron chi connectivity index (χ4n) is 2.24. The molecule has 1 saturated heterocycles. The lowest BCUT2D eigenvalue weighted by atomic mass is 10.1. The van der Waals surface area contributed by atoms with Crippen LogP contribution in [0.5, 0.6) is 0 Å². The highest BCUT2D eigenvalue weighted by Gasteiger charge is 2.36. The van der Waals surface area contributed by atoms with E-state index in [1.807, 2.05) is 0 Å². The van der Waals surface area contributed by atoms with Crippen molar-refractivity contribution in [3.63, 3.8) is 0 Å². The highest BCUT2D eigenvalue weighted by molar-refractivity contribution is 8.18. The molecule has 1 aliphatic heterocycles. The second-order valence-electron chi connectivity index (χ2n) is 5.11. The fraction of sp³-hybridized carbons (Fsp3) is 0.0556. The van der Waals surface area contributed by atoms with E-state index in [2.05, 4.69) is 0 Å². The number of imide groups is 1. The molecule has 0 spiro atoms. The minimum atomic E-state index is -0.543. The van der Waals surface area contributed by atoms with Crippen LogP contribution in [0.4, 0.5) is 9.18 Å². The van der Waals surface area contributed by atoms with Gasteiger partial charge >= 0.3 is 0 Å². The number of carbonyl (C=O) groups excluding carboxylic acids is 3. The third-order valence-electron chi connectivity index (χ3n) is 3.42. The quantitative estimate of drug-likeness (QED) is 0.628. The topological polar surface area (TPSA) is 54.5 Å². The van der Waals surface area contributed by atoms with E-state index in [-0.39, 0.29) is 17.2 Å². The summed E-state index contributed by atoms with van der Waals surface area (Å²) < 4.78 is 13.2.